The number of aromatic nitrogens is 2. The van der Waals surface area contributed by atoms with Crippen LogP contribution in [0.2, 0.25) is 0 Å². The van der Waals surface area contributed by atoms with E-state index in [1.807, 2.05) is 0 Å². The van der Waals surface area contributed by atoms with Gasteiger partial charge in [-0.25, -0.2) is 0 Å². The van der Waals surface area contributed by atoms with E-state index in [-0.39, 0.29) is 5.69 Å². The van der Waals surface area contributed by atoms with Crippen molar-refractivity contribution in [2.45, 2.75) is 12.6 Å². The molecule has 0 unspecified atom stereocenters. The maximum absolute atomic E-state index is 12.1. The molecule has 88 valence electrons. The highest BCUT2D eigenvalue weighted by Crippen LogP contribution is 2.21. The molecule has 2 N–H and O–H groups in total. The van der Waals surface area contributed by atoms with Gasteiger partial charge in [-0.3, -0.25) is 9.48 Å². The summed E-state index contributed by atoms with van der Waals surface area (Å²) >= 11 is 0. The van der Waals surface area contributed by atoms with E-state index >= 15 is 0 Å². The number of halogens is 3. The van der Waals surface area contributed by atoms with Crippen molar-refractivity contribution in [1.82, 2.24) is 9.78 Å². The van der Waals surface area contributed by atoms with Crippen LogP contribution >= 0.6 is 0 Å². The zero-order valence-electron chi connectivity index (χ0n) is 8.32. The highest BCUT2D eigenvalue weighted by molar-refractivity contribution is 6.45. The van der Waals surface area contributed by atoms with E-state index in [1.54, 1.807) is 0 Å². The monoisotopic (exact) mass is 234 g/mol. The van der Waals surface area contributed by atoms with E-state index in [4.69, 9.17) is 5.84 Å². The third-order valence-electron chi connectivity index (χ3n) is 1.84. The van der Waals surface area contributed by atoms with Gasteiger partial charge in [0, 0.05) is 13.2 Å². The summed E-state index contributed by atoms with van der Waals surface area (Å²) in [6.07, 6.45) is -4.67. The first-order valence-electron chi connectivity index (χ1n) is 4.21. The normalized spacial score (nSPS) is 12.9. The molecule has 8 heteroatoms. The van der Waals surface area contributed by atoms with Gasteiger partial charge in [0.1, 0.15) is 11.4 Å². The summed E-state index contributed by atoms with van der Waals surface area (Å²) < 4.78 is 37.4. The molecule has 0 spiro atoms. The Morgan fingerprint density at radius 2 is 2.25 bits per heavy atom. The maximum atomic E-state index is 12.1. The third kappa shape index (κ3) is 2.81. The van der Waals surface area contributed by atoms with Crippen LogP contribution in [0.4, 0.5) is 13.2 Å². The van der Waals surface area contributed by atoms with Crippen LogP contribution in [0.5, 0.6) is 0 Å². The van der Waals surface area contributed by atoms with Gasteiger partial charge < -0.3 is 5.84 Å². The van der Waals surface area contributed by atoms with Crippen LogP contribution in [-0.2, 0) is 7.05 Å². The fourth-order valence-corrected chi connectivity index (χ4v) is 1.12. The second kappa shape index (κ2) is 4.33. The lowest BCUT2D eigenvalue weighted by Gasteiger charge is -2.07. The number of hydrogen-bond donors (Lipinski definition) is 1. The lowest BCUT2D eigenvalue weighted by atomic mass is 10.1. The van der Waals surface area contributed by atoms with Gasteiger partial charge in [0.25, 0.3) is 0 Å². The van der Waals surface area contributed by atoms with Crippen LogP contribution in [0.25, 0.3) is 0 Å². The van der Waals surface area contributed by atoms with Crippen molar-refractivity contribution in [3.05, 3.63) is 18.0 Å². The van der Waals surface area contributed by atoms with Crippen LogP contribution in [0.15, 0.2) is 17.4 Å². The van der Waals surface area contributed by atoms with Gasteiger partial charge >= 0.3 is 6.18 Å². The predicted molar refractivity (Wildman–Crippen MR) is 49.8 cm³/mol. The summed E-state index contributed by atoms with van der Waals surface area (Å²) in [5.74, 6) is 3.90. The number of hydrazone groups is 1. The molecular formula is C8H9F3N4O. The largest absolute Gasteiger partial charge is 0.394 e. The third-order valence-corrected chi connectivity index (χ3v) is 1.84. The number of nitrogens with zero attached hydrogens (tertiary/aromatic N) is 3. The van der Waals surface area contributed by atoms with Crippen molar-refractivity contribution in [2.75, 3.05) is 0 Å². The molecule has 0 saturated carbocycles. The molecule has 5 nitrogen and oxygen atoms in total. The fourth-order valence-electron chi connectivity index (χ4n) is 1.12. The molecule has 0 aromatic carbocycles. The topological polar surface area (TPSA) is 73.3 Å². The zero-order chi connectivity index (χ0) is 12.3. The average Bonchev–Trinajstić information content (AvgIpc) is 2.58. The number of Topliss-reactive ketones (excluding diaryl/α,β-unsaturated/α-hetero) is 1. The highest BCUT2D eigenvalue weighted by Gasteiger charge is 2.33. The molecule has 0 amide bonds. The summed E-state index contributed by atoms with van der Waals surface area (Å²) in [6.45, 7) is 0. The predicted octanol–water partition coefficient (Wildman–Crippen LogP) is 0.870. The van der Waals surface area contributed by atoms with Crippen molar-refractivity contribution < 1.29 is 18.0 Å². The van der Waals surface area contributed by atoms with E-state index < -0.39 is 24.1 Å². The number of nitrogens with two attached hydrogens (primary N) is 1. The molecule has 0 bridgehead atoms. The lowest BCUT2D eigenvalue weighted by molar-refractivity contribution is -0.121. The number of hydrogen-bond acceptors (Lipinski definition) is 4. The van der Waals surface area contributed by atoms with Gasteiger partial charge in [-0.05, 0) is 6.07 Å². The molecule has 0 aliphatic carbocycles. The first-order valence-corrected chi connectivity index (χ1v) is 4.21. The molecule has 1 aromatic rings. The number of alkyl halides is 3. The van der Waals surface area contributed by atoms with Crippen molar-refractivity contribution in [3.63, 3.8) is 0 Å². The van der Waals surface area contributed by atoms with Crippen LogP contribution in [0.3, 0.4) is 0 Å². The van der Waals surface area contributed by atoms with Crippen molar-refractivity contribution in [3.8, 4) is 0 Å². The summed E-state index contributed by atoms with van der Waals surface area (Å²) in [5, 5.41) is 6.55. The Labute approximate surface area is 88.7 Å². The number of aryl methyl sites for hydroxylation is 1. The minimum Gasteiger partial charge on any atom is -0.323 e. The second-order valence-corrected chi connectivity index (χ2v) is 3.04. The van der Waals surface area contributed by atoms with Crippen molar-refractivity contribution in [1.29, 1.82) is 0 Å². The van der Waals surface area contributed by atoms with E-state index in [0.717, 1.165) is 4.68 Å². The van der Waals surface area contributed by atoms with E-state index in [9.17, 15) is 18.0 Å². The molecule has 0 fully saturated rings. The van der Waals surface area contributed by atoms with Gasteiger partial charge in [-0.1, -0.05) is 0 Å². The minimum absolute atomic E-state index is 0.00782. The summed E-state index contributed by atoms with van der Waals surface area (Å²) in [4.78, 5) is 11.6. The fraction of sp³-hybridized carbons (Fsp3) is 0.375. The van der Waals surface area contributed by atoms with E-state index in [0.29, 0.717) is 0 Å². The van der Waals surface area contributed by atoms with E-state index in [1.165, 1.54) is 19.3 Å². The molecule has 0 aliphatic heterocycles. The zero-order valence-corrected chi connectivity index (χ0v) is 8.32. The number of carbonyl (C=O) groups excluding carboxylic acids is 1. The van der Waals surface area contributed by atoms with Gasteiger partial charge in [-0.15, -0.1) is 0 Å². The second-order valence-electron chi connectivity index (χ2n) is 3.04. The Morgan fingerprint density at radius 1 is 1.62 bits per heavy atom. The molecule has 0 atom stereocenters. The molecule has 1 aromatic heterocycles. The van der Waals surface area contributed by atoms with Gasteiger partial charge in [-0.2, -0.15) is 23.4 Å². The lowest BCUT2D eigenvalue weighted by Crippen LogP contribution is -2.25. The molecule has 0 aliphatic rings. The van der Waals surface area contributed by atoms with Gasteiger partial charge in [0.05, 0.1) is 6.42 Å². The Hall–Kier alpha value is -1.86. The number of ketones is 1. The molecule has 16 heavy (non-hydrogen) atoms. The first-order chi connectivity index (χ1) is 7.35. The minimum atomic E-state index is -4.52. The Morgan fingerprint density at radius 3 is 2.62 bits per heavy atom. The molecule has 0 saturated heterocycles. The smallest absolute Gasteiger partial charge is 0.323 e. The highest BCUT2D eigenvalue weighted by atomic mass is 19.4. The van der Waals surface area contributed by atoms with Crippen LogP contribution in [0.1, 0.15) is 16.9 Å². The molecule has 1 heterocycles. The number of carbonyl (C=O) groups is 1. The SMILES string of the molecule is Cn1nccc1C(=O)C(CC(F)(F)F)=NN. The summed E-state index contributed by atoms with van der Waals surface area (Å²) in [5.41, 5.74) is -0.732. The molecule has 0 radical (unpaired) electrons. The number of rotatable bonds is 3. The van der Waals surface area contributed by atoms with Crippen molar-refractivity contribution in [2.24, 2.45) is 18.0 Å². The van der Waals surface area contributed by atoms with Gasteiger partial charge in [0.15, 0.2) is 0 Å². The summed E-state index contributed by atoms with van der Waals surface area (Å²) in [7, 11) is 1.44. The van der Waals surface area contributed by atoms with Crippen molar-refractivity contribution >= 4 is 11.5 Å². The summed E-state index contributed by atoms with van der Waals surface area (Å²) in [6, 6.07) is 1.30. The van der Waals surface area contributed by atoms with Crippen LogP contribution in [0, 0.1) is 0 Å². The maximum Gasteiger partial charge on any atom is 0.394 e. The Kier molecular flexibility index (Phi) is 3.31. The quantitative estimate of drug-likeness (QED) is 0.365. The Balaban J connectivity index is 2.92. The standard InChI is InChI=1S/C8H9F3N4O/c1-15-6(2-3-13-15)7(16)5(14-12)4-8(9,10)11/h2-3H,4,12H2,1H3. The average molecular weight is 234 g/mol. The molecular weight excluding hydrogens is 225 g/mol. The first kappa shape index (κ1) is 12.2. The van der Waals surface area contributed by atoms with Crippen LogP contribution < -0.4 is 5.84 Å². The molecule has 1 rings (SSSR count). The van der Waals surface area contributed by atoms with Crippen LogP contribution in [-0.4, -0.2) is 27.5 Å². The van der Waals surface area contributed by atoms with E-state index in [2.05, 4.69) is 10.2 Å². The van der Waals surface area contributed by atoms with Gasteiger partial charge in [0.2, 0.25) is 5.78 Å². The Bertz CT molecular complexity index is 421.